The summed E-state index contributed by atoms with van der Waals surface area (Å²) in [6.07, 6.45) is -0.950. The van der Waals surface area contributed by atoms with Gasteiger partial charge in [0.1, 0.15) is 22.8 Å². The van der Waals surface area contributed by atoms with E-state index < -0.39 is 17.6 Å². The first-order valence-corrected chi connectivity index (χ1v) is 14.3. The number of ether oxygens (including phenoxy) is 3. The number of rotatable bonds is 6. The molecule has 0 bridgehead atoms. The standard InChI is InChI=1S/C32H34ClN3O7/c1-17-25(40-6)13-19-12-23(34-28(19)29(17)41-7)30(38)35-16-20(15-33)27-22-11-9-8-10-21(22)26(14-24(27)35)43-36(18(2)37)31(39)42-32(3,4)5/h8-14,20,34H,15-16H2,1-7H3/t20-/m1/s1. The minimum Gasteiger partial charge on any atom is -0.496 e. The van der Waals surface area contributed by atoms with E-state index in [1.165, 1.54) is 6.92 Å². The second-order valence-electron chi connectivity index (χ2n) is 11.4. The Bertz CT molecular complexity index is 1760. The number of aromatic amines is 1. The van der Waals surface area contributed by atoms with Crippen LogP contribution < -0.4 is 19.2 Å². The van der Waals surface area contributed by atoms with Crippen LogP contribution in [-0.4, -0.2) is 60.2 Å². The number of halogens is 1. The molecule has 0 unspecified atom stereocenters. The molecule has 4 aromatic rings. The molecule has 1 aliphatic rings. The number of alkyl halides is 1. The molecule has 0 fully saturated rings. The number of benzene rings is 3. The van der Waals surface area contributed by atoms with Crippen LogP contribution in [0.25, 0.3) is 21.7 Å². The van der Waals surface area contributed by atoms with E-state index in [9.17, 15) is 14.4 Å². The van der Waals surface area contributed by atoms with Gasteiger partial charge in [-0.25, -0.2) is 4.79 Å². The first kappa shape index (κ1) is 30.0. The van der Waals surface area contributed by atoms with Gasteiger partial charge in [-0.1, -0.05) is 29.3 Å². The van der Waals surface area contributed by atoms with Crippen molar-refractivity contribution in [2.75, 3.05) is 31.5 Å². The van der Waals surface area contributed by atoms with Crippen molar-refractivity contribution in [3.05, 3.63) is 59.3 Å². The molecular weight excluding hydrogens is 574 g/mol. The number of imide groups is 1. The van der Waals surface area contributed by atoms with Crippen molar-refractivity contribution in [2.45, 2.75) is 46.1 Å². The van der Waals surface area contributed by atoms with Crippen LogP contribution >= 0.6 is 11.6 Å². The lowest BCUT2D eigenvalue weighted by Gasteiger charge is -2.26. The summed E-state index contributed by atoms with van der Waals surface area (Å²) in [6.45, 7) is 8.50. The van der Waals surface area contributed by atoms with Gasteiger partial charge in [-0.05, 0) is 50.8 Å². The van der Waals surface area contributed by atoms with E-state index in [2.05, 4.69) is 4.98 Å². The van der Waals surface area contributed by atoms with E-state index in [-0.39, 0.29) is 23.5 Å². The van der Waals surface area contributed by atoms with Crippen molar-refractivity contribution in [3.63, 3.8) is 0 Å². The summed E-state index contributed by atoms with van der Waals surface area (Å²) in [5, 5.41) is 2.79. The van der Waals surface area contributed by atoms with Crippen LogP contribution in [0.2, 0.25) is 0 Å². The Morgan fingerprint density at radius 3 is 2.35 bits per heavy atom. The van der Waals surface area contributed by atoms with Gasteiger partial charge in [-0.15, -0.1) is 11.6 Å². The van der Waals surface area contributed by atoms with Crippen molar-refractivity contribution >= 4 is 56.9 Å². The van der Waals surface area contributed by atoms with Crippen LogP contribution in [0.1, 0.15) is 55.2 Å². The number of hydrogen-bond donors (Lipinski definition) is 1. The number of nitrogens with one attached hydrogen (secondary N) is 1. The third kappa shape index (κ3) is 5.43. The number of aromatic nitrogens is 1. The highest BCUT2D eigenvalue weighted by Crippen LogP contribution is 2.46. The number of amides is 3. The van der Waals surface area contributed by atoms with E-state index in [0.29, 0.717) is 45.4 Å². The van der Waals surface area contributed by atoms with Gasteiger partial charge in [-0.2, -0.15) is 0 Å². The predicted octanol–water partition coefficient (Wildman–Crippen LogP) is 6.71. The zero-order valence-electron chi connectivity index (χ0n) is 25.2. The van der Waals surface area contributed by atoms with Gasteiger partial charge in [0.2, 0.25) is 0 Å². The number of H-pyrrole nitrogens is 1. The Morgan fingerprint density at radius 1 is 1.05 bits per heavy atom. The molecule has 2 heterocycles. The summed E-state index contributed by atoms with van der Waals surface area (Å²) in [4.78, 5) is 50.3. The summed E-state index contributed by atoms with van der Waals surface area (Å²) in [6, 6.07) is 12.7. The van der Waals surface area contributed by atoms with E-state index in [1.807, 2.05) is 37.3 Å². The highest BCUT2D eigenvalue weighted by atomic mass is 35.5. The second-order valence-corrected chi connectivity index (χ2v) is 11.7. The maximum Gasteiger partial charge on any atom is 0.451 e. The molecule has 1 atom stereocenters. The Kier molecular flexibility index (Phi) is 7.91. The molecule has 11 heteroatoms. The summed E-state index contributed by atoms with van der Waals surface area (Å²) in [7, 11) is 3.15. The molecule has 1 N–H and O–H groups in total. The fraction of sp³-hybridized carbons (Fsp3) is 0.344. The maximum atomic E-state index is 14.1. The normalized spacial score (nSPS) is 14.5. The van der Waals surface area contributed by atoms with Crippen LogP contribution in [0.3, 0.4) is 0 Å². The van der Waals surface area contributed by atoms with Crippen molar-refractivity contribution in [1.82, 2.24) is 10.0 Å². The summed E-state index contributed by atoms with van der Waals surface area (Å²) < 4.78 is 16.5. The lowest BCUT2D eigenvalue weighted by atomic mass is 9.95. The van der Waals surface area contributed by atoms with E-state index in [1.54, 1.807) is 52.0 Å². The lowest BCUT2D eigenvalue weighted by molar-refractivity contribution is -0.150. The quantitative estimate of drug-likeness (QED) is 0.192. The number of hydrogen-bond acceptors (Lipinski definition) is 7. The Hall–Kier alpha value is -4.44. The van der Waals surface area contributed by atoms with E-state index in [4.69, 9.17) is 30.6 Å². The molecule has 0 saturated heterocycles. The second kappa shape index (κ2) is 11.3. The van der Waals surface area contributed by atoms with Gasteiger partial charge in [0.15, 0.2) is 5.75 Å². The number of nitrogens with zero attached hydrogens (tertiary/aromatic N) is 2. The van der Waals surface area contributed by atoms with Gasteiger partial charge in [0.25, 0.3) is 11.8 Å². The molecule has 0 radical (unpaired) electrons. The Labute approximate surface area is 254 Å². The maximum absolute atomic E-state index is 14.1. The summed E-state index contributed by atoms with van der Waals surface area (Å²) in [5.74, 6) is 0.586. The third-order valence-electron chi connectivity index (χ3n) is 7.32. The molecule has 3 amide bonds. The minimum absolute atomic E-state index is 0.171. The van der Waals surface area contributed by atoms with Crippen molar-refractivity contribution in [1.29, 1.82) is 0 Å². The number of carbonyl (C=O) groups is 3. The topological polar surface area (TPSA) is 110 Å². The molecule has 43 heavy (non-hydrogen) atoms. The van der Waals surface area contributed by atoms with Gasteiger partial charge in [0.05, 0.1) is 25.4 Å². The number of carbonyl (C=O) groups excluding carboxylic acids is 3. The molecule has 1 aliphatic heterocycles. The van der Waals surface area contributed by atoms with Gasteiger partial charge in [-0.3, -0.25) is 9.59 Å². The van der Waals surface area contributed by atoms with Crippen LogP contribution in [0, 0.1) is 6.92 Å². The minimum atomic E-state index is -0.950. The van der Waals surface area contributed by atoms with Gasteiger partial charge >= 0.3 is 6.09 Å². The Morgan fingerprint density at radius 2 is 1.74 bits per heavy atom. The zero-order chi connectivity index (χ0) is 31.2. The number of hydroxylamine groups is 2. The van der Waals surface area contributed by atoms with Crippen molar-refractivity contribution < 1.29 is 33.4 Å². The van der Waals surface area contributed by atoms with Crippen molar-refractivity contribution in [3.8, 4) is 17.2 Å². The van der Waals surface area contributed by atoms with Gasteiger partial charge < -0.3 is 28.9 Å². The Balaban J connectivity index is 1.62. The summed E-state index contributed by atoms with van der Waals surface area (Å²) in [5.41, 5.74) is 2.42. The number of anilines is 1. The molecular formula is C32H34ClN3O7. The lowest BCUT2D eigenvalue weighted by Crippen LogP contribution is -2.42. The first-order chi connectivity index (χ1) is 20.4. The SMILES string of the molecule is COc1cc2cc(C(=O)N3C[C@@H](CCl)c4c3cc(ON(C(C)=O)C(=O)OC(C)(C)C)c3ccccc43)[nH]c2c(OC)c1C. The molecule has 0 aliphatic carbocycles. The molecule has 0 spiro atoms. The molecule has 1 aromatic heterocycles. The average Bonchev–Trinajstić information content (AvgIpc) is 3.55. The average molecular weight is 608 g/mol. The fourth-order valence-corrected chi connectivity index (χ4v) is 5.74. The van der Waals surface area contributed by atoms with Crippen LogP contribution in [0.15, 0.2) is 42.5 Å². The summed E-state index contributed by atoms with van der Waals surface area (Å²) >= 11 is 6.45. The largest absolute Gasteiger partial charge is 0.496 e. The molecule has 5 rings (SSSR count). The fourth-order valence-electron chi connectivity index (χ4n) is 5.49. The van der Waals surface area contributed by atoms with Crippen LogP contribution in [0.4, 0.5) is 10.5 Å². The van der Waals surface area contributed by atoms with Gasteiger partial charge in [0, 0.05) is 47.7 Å². The van der Waals surface area contributed by atoms with E-state index in [0.717, 1.165) is 21.9 Å². The number of fused-ring (bicyclic) bond motifs is 4. The highest BCUT2D eigenvalue weighted by molar-refractivity contribution is 6.19. The molecule has 3 aromatic carbocycles. The zero-order valence-corrected chi connectivity index (χ0v) is 25.9. The highest BCUT2D eigenvalue weighted by Gasteiger charge is 2.37. The van der Waals surface area contributed by atoms with E-state index >= 15 is 0 Å². The molecule has 10 nitrogen and oxygen atoms in total. The predicted molar refractivity (Wildman–Crippen MR) is 165 cm³/mol. The molecule has 226 valence electrons. The monoisotopic (exact) mass is 607 g/mol. The first-order valence-electron chi connectivity index (χ1n) is 13.8. The van der Waals surface area contributed by atoms with Crippen molar-refractivity contribution in [2.24, 2.45) is 0 Å². The molecule has 0 saturated carbocycles. The number of methoxy groups -OCH3 is 2. The third-order valence-corrected chi connectivity index (χ3v) is 7.69. The van der Waals surface area contributed by atoms with Crippen LogP contribution in [-0.2, 0) is 9.53 Å². The van der Waals surface area contributed by atoms with Crippen LogP contribution in [0.5, 0.6) is 17.2 Å². The smallest absolute Gasteiger partial charge is 0.451 e.